The van der Waals surface area contributed by atoms with E-state index >= 15 is 0 Å². The van der Waals surface area contributed by atoms with E-state index in [4.69, 9.17) is 9.52 Å². The Morgan fingerprint density at radius 3 is 3.00 bits per heavy atom. The molecule has 2 N–H and O–H groups in total. The van der Waals surface area contributed by atoms with E-state index < -0.39 is 0 Å². The van der Waals surface area contributed by atoms with Crippen LogP contribution in [0, 0.1) is 6.92 Å². The molecule has 0 saturated carbocycles. The maximum Gasteiger partial charge on any atom is 0.287 e. The molecule has 0 aliphatic carbocycles. The Balaban J connectivity index is 1.33. The van der Waals surface area contributed by atoms with Crippen LogP contribution >= 0.6 is 0 Å². The minimum Gasteiger partial charge on any atom is -0.451 e. The van der Waals surface area contributed by atoms with Gasteiger partial charge in [0.15, 0.2) is 11.4 Å². The molecule has 1 saturated heterocycles. The average Bonchev–Trinajstić information content (AvgIpc) is 3.47. The van der Waals surface area contributed by atoms with Gasteiger partial charge in [0.25, 0.3) is 5.91 Å². The maximum atomic E-state index is 12.6. The number of aromatic nitrogens is 4. The molecule has 1 aliphatic rings. The van der Waals surface area contributed by atoms with Crippen LogP contribution in [0.1, 0.15) is 34.2 Å². The molecule has 0 spiro atoms. The van der Waals surface area contributed by atoms with Crippen molar-refractivity contribution in [3.8, 4) is 0 Å². The standard InChI is InChI=1S/C21H22N6O2/c1-13-15-4-2-3-5-16(15)29-19(13)21(28)25-10-11-27-20-18(23-8-9-24-20)17(26-27)14-6-7-22-12-14/h2-5,8-9,14,22H,6-7,10-12H2,1H3,(H,25,28)/t14-/m1/s1. The van der Waals surface area contributed by atoms with Crippen LogP contribution in [0.4, 0.5) is 0 Å². The summed E-state index contributed by atoms with van der Waals surface area (Å²) in [5.41, 5.74) is 4.16. The van der Waals surface area contributed by atoms with E-state index in [1.807, 2.05) is 35.9 Å². The summed E-state index contributed by atoms with van der Waals surface area (Å²) in [5, 5.41) is 12.0. The number of rotatable bonds is 5. The summed E-state index contributed by atoms with van der Waals surface area (Å²) in [5.74, 6) is 0.485. The second-order valence-corrected chi connectivity index (χ2v) is 7.33. The van der Waals surface area contributed by atoms with E-state index in [1.165, 1.54) is 0 Å². The van der Waals surface area contributed by atoms with Crippen molar-refractivity contribution < 1.29 is 9.21 Å². The summed E-state index contributed by atoms with van der Waals surface area (Å²) >= 11 is 0. The van der Waals surface area contributed by atoms with Crippen LogP contribution in [0.25, 0.3) is 22.1 Å². The molecule has 8 heteroatoms. The zero-order chi connectivity index (χ0) is 19.8. The summed E-state index contributed by atoms with van der Waals surface area (Å²) in [6.07, 6.45) is 4.42. The second kappa shape index (κ2) is 7.29. The van der Waals surface area contributed by atoms with Crippen LogP contribution in [-0.4, -0.2) is 45.3 Å². The van der Waals surface area contributed by atoms with Gasteiger partial charge in [-0.1, -0.05) is 18.2 Å². The highest BCUT2D eigenvalue weighted by Crippen LogP contribution is 2.27. The Bertz CT molecular complexity index is 1190. The number of furan rings is 1. The molecule has 1 aromatic carbocycles. The molecule has 5 rings (SSSR count). The molecule has 8 nitrogen and oxygen atoms in total. The predicted molar refractivity (Wildman–Crippen MR) is 109 cm³/mol. The van der Waals surface area contributed by atoms with E-state index in [1.54, 1.807) is 12.4 Å². The summed E-state index contributed by atoms with van der Waals surface area (Å²) in [6.45, 7) is 4.74. The van der Waals surface area contributed by atoms with Crippen LogP contribution in [0.5, 0.6) is 0 Å². The van der Waals surface area contributed by atoms with Gasteiger partial charge in [-0.3, -0.25) is 4.79 Å². The number of fused-ring (bicyclic) bond motifs is 2. The number of carbonyl (C=O) groups is 1. The number of nitrogens with one attached hydrogen (secondary N) is 2. The summed E-state index contributed by atoms with van der Waals surface area (Å²) in [7, 11) is 0. The van der Waals surface area contributed by atoms with Gasteiger partial charge in [-0.25, -0.2) is 14.6 Å². The number of hydrogen-bond donors (Lipinski definition) is 2. The number of benzene rings is 1. The van der Waals surface area contributed by atoms with E-state index in [0.29, 0.717) is 24.8 Å². The SMILES string of the molecule is Cc1c(C(=O)NCCn2nc([C@@H]3CCNC3)c3nccnc32)oc2ccccc12. The van der Waals surface area contributed by atoms with Gasteiger partial charge >= 0.3 is 0 Å². The quantitative estimate of drug-likeness (QED) is 0.543. The van der Waals surface area contributed by atoms with Crippen molar-refractivity contribution in [3.05, 3.63) is 53.7 Å². The first-order valence-electron chi connectivity index (χ1n) is 9.87. The van der Waals surface area contributed by atoms with Crippen molar-refractivity contribution >= 4 is 28.0 Å². The first kappa shape index (κ1) is 17.8. The smallest absolute Gasteiger partial charge is 0.287 e. The molecule has 1 atom stereocenters. The third-order valence-corrected chi connectivity index (χ3v) is 5.50. The Kier molecular flexibility index (Phi) is 4.48. The van der Waals surface area contributed by atoms with Gasteiger partial charge in [0.2, 0.25) is 0 Å². The first-order chi connectivity index (χ1) is 14.2. The normalized spacial score (nSPS) is 16.7. The molecule has 0 radical (unpaired) electrons. The third-order valence-electron chi connectivity index (χ3n) is 5.50. The van der Waals surface area contributed by atoms with Gasteiger partial charge in [-0.15, -0.1) is 0 Å². The Hall–Kier alpha value is -3.26. The summed E-state index contributed by atoms with van der Waals surface area (Å²) in [6, 6.07) is 7.66. The fraction of sp³-hybridized carbons (Fsp3) is 0.333. The number of carbonyl (C=O) groups excluding carboxylic acids is 1. The molecule has 1 fully saturated rings. The number of hydrogen-bond acceptors (Lipinski definition) is 6. The molecule has 148 valence electrons. The molecular formula is C21H22N6O2. The van der Waals surface area contributed by atoms with Crippen molar-refractivity contribution in [1.29, 1.82) is 0 Å². The van der Waals surface area contributed by atoms with Gasteiger partial charge in [0.05, 0.1) is 12.2 Å². The average molecular weight is 390 g/mol. The Labute approximate surface area is 167 Å². The Morgan fingerprint density at radius 1 is 1.31 bits per heavy atom. The van der Waals surface area contributed by atoms with Gasteiger partial charge in [-0.05, 0) is 26.0 Å². The van der Waals surface area contributed by atoms with Gasteiger partial charge in [0.1, 0.15) is 11.1 Å². The molecule has 4 heterocycles. The second-order valence-electron chi connectivity index (χ2n) is 7.33. The largest absolute Gasteiger partial charge is 0.451 e. The highest BCUT2D eigenvalue weighted by Gasteiger charge is 2.24. The lowest BCUT2D eigenvalue weighted by molar-refractivity contribution is 0.0925. The number of aryl methyl sites for hydroxylation is 1. The molecule has 0 bridgehead atoms. The summed E-state index contributed by atoms with van der Waals surface area (Å²) in [4.78, 5) is 21.6. The molecule has 1 amide bonds. The minimum absolute atomic E-state index is 0.221. The van der Waals surface area contributed by atoms with Crippen LogP contribution in [0.2, 0.25) is 0 Å². The topological polar surface area (TPSA) is 97.9 Å². The van der Waals surface area contributed by atoms with E-state index in [-0.39, 0.29) is 5.91 Å². The number of amides is 1. The van der Waals surface area contributed by atoms with Gasteiger partial charge in [0, 0.05) is 42.4 Å². The highest BCUT2D eigenvalue weighted by atomic mass is 16.3. The van der Waals surface area contributed by atoms with Crippen molar-refractivity contribution in [3.63, 3.8) is 0 Å². The van der Waals surface area contributed by atoms with Gasteiger partial charge in [-0.2, -0.15) is 5.10 Å². The van der Waals surface area contributed by atoms with Crippen LogP contribution in [-0.2, 0) is 6.54 Å². The lowest BCUT2D eigenvalue weighted by Gasteiger charge is -2.06. The van der Waals surface area contributed by atoms with Crippen molar-refractivity contribution in [1.82, 2.24) is 30.4 Å². The highest BCUT2D eigenvalue weighted by molar-refractivity contribution is 5.98. The molecule has 1 aliphatic heterocycles. The fourth-order valence-electron chi connectivity index (χ4n) is 3.99. The van der Waals surface area contributed by atoms with E-state index in [2.05, 4.69) is 20.6 Å². The monoisotopic (exact) mass is 390 g/mol. The number of nitrogens with zero attached hydrogens (tertiary/aromatic N) is 4. The van der Waals surface area contributed by atoms with Gasteiger partial charge < -0.3 is 15.1 Å². The first-order valence-corrected chi connectivity index (χ1v) is 9.87. The van der Waals surface area contributed by atoms with E-state index in [9.17, 15) is 4.79 Å². The molecule has 3 aromatic heterocycles. The zero-order valence-electron chi connectivity index (χ0n) is 16.2. The zero-order valence-corrected chi connectivity index (χ0v) is 16.2. The lowest BCUT2D eigenvalue weighted by Crippen LogP contribution is -2.27. The minimum atomic E-state index is -0.221. The Morgan fingerprint density at radius 2 is 2.17 bits per heavy atom. The molecular weight excluding hydrogens is 368 g/mol. The van der Waals surface area contributed by atoms with Crippen molar-refractivity contribution in [2.75, 3.05) is 19.6 Å². The molecule has 0 unspecified atom stereocenters. The van der Waals surface area contributed by atoms with Crippen LogP contribution < -0.4 is 10.6 Å². The van der Waals surface area contributed by atoms with Crippen LogP contribution in [0.15, 0.2) is 41.1 Å². The fourth-order valence-corrected chi connectivity index (χ4v) is 3.99. The van der Waals surface area contributed by atoms with Crippen LogP contribution in [0.3, 0.4) is 0 Å². The number of para-hydroxylation sites is 1. The molecule has 29 heavy (non-hydrogen) atoms. The summed E-state index contributed by atoms with van der Waals surface area (Å²) < 4.78 is 7.58. The van der Waals surface area contributed by atoms with E-state index in [0.717, 1.165) is 52.9 Å². The lowest BCUT2D eigenvalue weighted by atomic mass is 10.0. The third kappa shape index (κ3) is 3.15. The maximum absolute atomic E-state index is 12.6. The van der Waals surface area contributed by atoms with Crippen molar-refractivity contribution in [2.24, 2.45) is 0 Å². The molecule has 4 aromatic rings. The van der Waals surface area contributed by atoms with Crippen molar-refractivity contribution in [2.45, 2.75) is 25.8 Å². The predicted octanol–water partition coefficient (Wildman–Crippen LogP) is 2.39.